The van der Waals surface area contributed by atoms with Crippen LogP contribution in [0, 0.1) is 5.92 Å². The molecular weight excluding hydrogens is 236 g/mol. The molecule has 2 rings (SSSR count). The minimum atomic E-state index is -1.24. The zero-order chi connectivity index (χ0) is 13.0. The molecule has 1 aliphatic rings. The first-order valence-corrected chi connectivity index (χ1v) is 5.80. The molecule has 0 saturated heterocycles. The molecule has 6 nitrogen and oxygen atoms in total. The second-order valence-corrected chi connectivity index (χ2v) is 4.24. The Bertz CT molecular complexity index is 478. The highest BCUT2D eigenvalue weighted by Crippen LogP contribution is 2.17. The van der Waals surface area contributed by atoms with Crippen LogP contribution in [-0.2, 0) is 0 Å². The van der Waals surface area contributed by atoms with Gasteiger partial charge in [0.15, 0.2) is 5.69 Å². The second kappa shape index (κ2) is 5.48. The summed E-state index contributed by atoms with van der Waals surface area (Å²) in [4.78, 5) is 22.2. The number of rotatable bonds is 4. The van der Waals surface area contributed by atoms with E-state index in [4.69, 9.17) is 5.11 Å². The summed E-state index contributed by atoms with van der Waals surface area (Å²) >= 11 is 0. The highest BCUT2D eigenvalue weighted by Gasteiger charge is 2.17. The van der Waals surface area contributed by atoms with E-state index in [9.17, 15) is 9.59 Å². The monoisotopic (exact) mass is 250 g/mol. The average Bonchev–Trinajstić information content (AvgIpc) is 2.87. The number of hydrogen-bond acceptors (Lipinski definition) is 4. The molecule has 6 heteroatoms. The predicted molar refractivity (Wildman–Crippen MR) is 62.3 cm³/mol. The molecule has 0 aliphatic heterocycles. The van der Waals surface area contributed by atoms with Gasteiger partial charge in [-0.1, -0.05) is 17.3 Å². The smallest absolute Gasteiger partial charge is 0.374 e. The van der Waals surface area contributed by atoms with E-state index in [-0.39, 0.29) is 11.5 Å². The molecule has 1 heterocycles. The molecular formula is C12H14N2O4. The lowest BCUT2D eigenvalue weighted by molar-refractivity contribution is 0.0651. The SMILES string of the molecule is O=C(NCC1CC=CCC1)c1cc(C(=O)O)on1. The van der Waals surface area contributed by atoms with Crippen molar-refractivity contribution < 1.29 is 19.2 Å². The number of carbonyl (C=O) groups is 2. The van der Waals surface area contributed by atoms with Gasteiger partial charge in [0.25, 0.3) is 5.91 Å². The number of aromatic nitrogens is 1. The fourth-order valence-electron chi connectivity index (χ4n) is 1.85. The van der Waals surface area contributed by atoms with Crippen LogP contribution in [0.1, 0.15) is 40.3 Å². The van der Waals surface area contributed by atoms with Gasteiger partial charge in [-0.15, -0.1) is 0 Å². The Balaban J connectivity index is 1.87. The van der Waals surface area contributed by atoms with Gasteiger partial charge < -0.3 is 14.9 Å². The van der Waals surface area contributed by atoms with Gasteiger partial charge in [-0.05, 0) is 25.2 Å². The Morgan fingerprint density at radius 1 is 1.50 bits per heavy atom. The van der Waals surface area contributed by atoms with Crippen molar-refractivity contribution in [3.05, 3.63) is 29.7 Å². The van der Waals surface area contributed by atoms with Crippen molar-refractivity contribution in [3.63, 3.8) is 0 Å². The highest BCUT2D eigenvalue weighted by molar-refractivity contribution is 5.94. The molecule has 1 amide bonds. The molecule has 0 bridgehead atoms. The maximum atomic E-state index is 11.7. The quantitative estimate of drug-likeness (QED) is 0.789. The molecule has 0 radical (unpaired) electrons. The standard InChI is InChI=1S/C12H14N2O4/c15-11(9-6-10(12(16)17)18-14-9)13-7-8-4-2-1-3-5-8/h1-2,6,8H,3-5,7H2,(H,13,15)(H,16,17). The molecule has 1 atom stereocenters. The van der Waals surface area contributed by atoms with Crippen molar-refractivity contribution in [1.82, 2.24) is 10.5 Å². The fraction of sp³-hybridized carbons (Fsp3) is 0.417. The molecule has 0 spiro atoms. The van der Waals surface area contributed by atoms with Gasteiger partial charge in [-0.2, -0.15) is 0 Å². The number of carboxylic acid groups (broad SMARTS) is 1. The van der Waals surface area contributed by atoms with Crippen LogP contribution in [0.3, 0.4) is 0 Å². The minimum Gasteiger partial charge on any atom is -0.475 e. The van der Waals surface area contributed by atoms with Crippen LogP contribution >= 0.6 is 0 Å². The number of nitrogens with one attached hydrogen (secondary N) is 1. The van der Waals surface area contributed by atoms with Crippen molar-refractivity contribution >= 4 is 11.9 Å². The van der Waals surface area contributed by atoms with Crippen molar-refractivity contribution in [1.29, 1.82) is 0 Å². The summed E-state index contributed by atoms with van der Waals surface area (Å²) in [5, 5.41) is 14.8. The summed E-state index contributed by atoms with van der Waals surface area (Å²) in [6.07, 6.45) is 7.29. The molecule has 1 aliphatic carbocycles. The van der Waals surface area contributed by atoms with E-state index in [0.29, 0.717) is 12.5 Å². The Labute approximate surface area is 104 Å². The Hall–Kier alpha value is -2.11. The normalized spacial score (nSPS) is 18.6. The van der Waals surface area contributed by atoms with Crippen LogP contribution in [0.15, 0.2) is 22.7 Å². The van der Waals surface area contributed by atoms with Crippen LogP contribution in [0.5, 0.6) is 0 Å². The molecule has 0 saturated carbocycles. The second-order valence-electron chi connectivity index (χ2n) is 4.24. The molecule has 0 fully saturated rings. The first kappa shape index (κ1) is 12.3. The van der Waals surface area contributed by atoms with Gasteiger partial charge >= 0.3 is 5.97 Å². The van der Waals surface area contributed by atoms with Gasteiger partial charge in [0.2, 0.25) is 5.76 Å². The lowest BCUT2D eigenvalue weighted by Crippen LogP contribution is -2.29. The number of carbonyl (C=O) groups excluding carboxylic acids is 1. The van der Waals surface area contributed by atoms with E-state index in [1.165, 1.54) is 0 Å². The fourth-order valence-corrected chi connectivity index (χ4v) is 1.85. The maximum Gasteiger partial charge on any atom is 0.374 e. The summed E-state index contributed by atoms with van der Waals surface area (Å²) in [6, 6.07) is 1.12. The number of carboxylic acids is 1. The van der Waals surface area contributed by atoms with Crippen molar-refractivity contribution in [2.45, 2.75) is 19.3 Å². The van der Waals surface area contributed by atoms with Crippen LogP contribution in [0.25, 0.3) is 0 Å². The first-order chi connectivity index (χ1) is 8.66. The Morgan fingerprint density at radius 3 is 2.94 bits per heavy atom. The number of hydrogen-bond donors (Lipinski definition) is 2. The maximum absolute atomic E-state index is 11.7. The third kappa shape index (κ3) is 2.97. The van der Waals surface area contributed by atoms with Gasteiger partial charge in [0.1, 0.15) is 0 Å². The first-order valence-electron chi connectivity index (χ1n) is 5.80. The molecule has 96 valence electrons. The van der Waals surface area contributed by atoms with Gasteiger partial charge in [-0.25, -0.2) is 4.79 Å². The molecule has 18 heavy (non-hydrogen) atoms. The van der Waals surface area contributed by atoms with Crippen molar-refractivity contribution in [2.75, 3.05) is 6.54 Å². The minimum absolute atomic E-state index is 0.00116. The van der Waals surface area contributed by atoms with Gasteiger partial charge in [-0.3, -0.25) is 4.79 Å². The number of nitrogens with zero attached hydrogens (tertiary/aromatic N) is 1. The summed E-state index contributed by atoms with van der Waals surface area (Å²) in [5.41, 5.74) is -0.00116. The third-order valence-corrected chi connectivity index (χ3v) is 2.88. The number of amides is 1. The predicted octanol–water partition coefficient (Wildman–Crippen LogP) is 1.46. The molecule has 2 N–H and O–H groups in total. The molecule has 1 aromatic rings. The van der Waals surface area contributed by atoms with Crippen LogP contribution in [-0.4, -0.2) is 28.7 Å². The van der Waals surface area contributed by atoms with E-state index in [1.807, 2.05) is 0 Å². The van der Waals surface area contributed by atoms with Crippen molar-refractivity contribution in [3.8, 4) is 0 Å². The average molecular weight is 250 g/mol. The topological polar surface area (TPSA) is 92.4 Å². The van der Waals surface area contributed by atoms with Crippen molar-refractivity contribution in [2.24, 2.45) is 5.92 Å². The van der Waals surface area contributed by atoms with E-state index in [1.54, 1.807) is 0 Å². The summed E-state index contributed by atoms with van der Waals surface area (Å²) in [5.74, 6) is -1.54. The van der Waals surface area contributed by atoms with E-state index in [2.05, 4.69) is 27.1 Å². The van der Waals surface area contributed by atoms with E-state index in [0.717, 1.165) is 25.3 Å². The van der Waals surface area contributed by atoms with Gasteiger partial charge in [0.05, 0.1) is 0 Å². The van der Waals surface area contributed by atoms with Gasteiger partial charge in [0, 0.05) is 12.6 Å². The van der Waals surface area contributed by atoms with E-state index >= 15 is 0 Å². The highest BCUT2D eigenvalue weighted by atomic mass is 16.5. The Kier molecular flexibility index (Phi) is 3.76. The van der Waals surface area contributed by atoms with E-state index < -0.39 is 11.9 Å². The molecule has 1 unspecified atom stereocenters. The third-order valence-electron chi connectivity index (χ3n) is 2.88. The van der Waals surface area contributed by atoms with Crippen LogP contribution in [0.4, 0.5) is 0 Å². The molecule has 0 aromatic carbocycles. The molecule has 1 aromatic heterocycles. The largest absolute Gasteiger partial charge is 0.475 e. The zero-order valence-electron chi connectivity index (χ0n) is 9.76. The lowest BCUT2D eigenvalue weighted by atomic mass is 9.94. The zero-order valence-corrected chi connectivity index (χ0v) is 9.76. The number of aromatic carboxylic acids is 1. The van der Waals surface area contributed by atoms with Crippen LogP contribution < -0.4 is 5.32 Å². The summed E-state index contributed by atoms with van der Waals surface area (Å²) in [7, 11) is 0. The van der Waals surface area contributed by atoms with Crippen LogP contribution in [0.2, 0.25) is 0 Å². The Morgan fingerprint density at radius 2 is 2.33 bits per heavy atom. The number of allylic oxidation sites excluding steroid dienone is 2. The summed E-state index contributed by atoms with van der Waals surface area (Å²) < 4.78 is 4.52. The summed E-state index contributed by atoms with van der Waals surface area (Å²) in [6.45, 7) is 0.568. The lowest BCUT2D eigenvalue weighted by Gasteiger charge is -2.17.